The summed E-state index contributed by atoms with van der Waals surface area (Å²) in [5.74, 6) is -4.48. The third-order valence-electron chi connectivity index (χ3n) is 9.32. The van der Waals surface area contributed by atoms with E-state index in [4.69, 9.17) is 88.6 Å². The molecule has 0 saturated heterocycles. The van der Waals surface area contributed by atoms with Gasteiger partial charge in [-0.25, -0.2) is 19.2 Å². The van der Waals surface area contributed by atoms with Crippen LogP contribution < -0.4 is 9.47 Å². The Morgan fingerprint density at radius 1 is 0.583 bits per heavy atom. The topological polar surface area (TPSA) is 105 Å². The van der Waals surface area contributed by atoms with Crippen LogP contribution in [0.3, 0.4) is 0 Å². The summed E-state index contributed by atoms with van der Waals surface area (Å²) in [4.78, 5) is 52.7. The first-order chi connectivity index (χ1) is 22.6. The maximum Gasteiger partial charge on any atom is 0.423 e. The molecular weight excluding hydrogens is 749 g/mol. The van der Waals surface area contributed by atoms with Gasteiger partial charge in [0, 0.05) is 0 Å². The Morgan fingerprint density at radius 2 is 0.938 bits per heavy atom. The molecule has 2 aromatic carbocycles. The second-order valence-electron chi connectivity index (χ2n) is 13.0. The minimum atomic E-state index is -1.63. The fourth-order valence-electron chi connectivity index (χ4n) is 6.26. The predicted octanol–water partition coefficient (Wildman–Crippen LogP) is 10.6. The largest absolute Gasteiger partial charge is 0.462 e. The molecule has 0 N–H and O–H groups in total. The highest BCUT2D eigenvalue weighted by atomic mass is 35.5. The zero-order valence-corrected chi connectivity index (χ0v) is 31.3. The van der Waals surface area contributed by atoms with Crippen LogP contribution in [0.4, 0.5) is 0 Å². The highest BCUT2D eigenvalue weighted by Gasteiger charge is 2.34. The highest BCUT2D eigenvalue weighted by Crippen LogP contribution is 2.43. The van der Waals surface area contributed by atoms with Crippen LogP contribution in [0.2, 0.25) is 30.1 Å². The Bertz CT molecular complexity index is 1460. The smallest absolute Gasteiger partial charge is 0.423 e. The van der Waals surface area contributed by atoms with Crippen LogP contribution >= 0.6 is 69.6 Å². The molecular formula is C34H36Cl6O8. The Balaban J connectivity index is 1.53. The minimum absolute atomic E-state index is 0.0909. The van der Waals surface area contributed by atoms with E-state index >= 15 is 0 Å². The van der Waals surface area contributed by atoms with Crippen LogP contribution in [0.1, 0.15) is 86.9 Å². The van der Waals surface area contributed by atoms with Gasteiger partial charge in [-0.15, -0.1) is 0 Å². The van der Waals surface area contributed by atoms with Crippen molar-refractivity contribution in [2.45, 2.75) is 66.2 Å². The molecule has 4 rings (SSSR count). The van der Waals surface area contributed by atoms with Crippen LogP contribution in [0.25, 0.3) is 0 Å². The van der Waals surface area contributed by atoms with Crippen LogP contribution in [0, 0.1) is 35.5 Å². The molecule has 0 heterocycles. The molecule has 2 fully saturated rings. The molecule has 2 saturated carbocycles. The molecule has 0 radical (unpaired) electrons. The first-order valence-electron chi connectivity index (χ1n) is 15.7. The van der Waals surface area contributed by atoms with E-state index in [2.05, 4.69) is 27.7 Å². The van der Waals surface area contributed by atoms with E-state index in [1.807, 2.05) is 0 Å². The summed E-state index contributed by atoms with van der Waals surface area (Å²) in [5, 5.41) is -1.43. The summed E-state index contributed by atoms with van der Waals surface area (Å²) in [6.45, 7) is 8.65. The van der Waals surface area contributed by atoms with Crippen molar-refractivity contribution in [3.05, 3.63) is 53.4 Å². The van der Waals surface area contributed by atoms with Crippen molar-refractivity contribution in [1.29, 1.82) is 0 Å². The average molecular weight is 785 g/mol. The van der Waals surface area contributed by atoms with Gasteiger partial charge in [0.25, 0.3) is 0 Å². The quantitative estimate of drug-likeness (QED) is 0.113. The average Bonchev–Trinajstić information content (AvgIpc) is 3.03. The molecule has 262 valence electrons. The highest BCUT2D eigenvalue weighted by molar-refractivity contribution is 6.47. The summed E-state index contributed by atoms with van der Waals surface area (Å²) in [7, 11) is 0. The number of halogens is 6. The second kappa shape index (κ2) is 16.8. The van der Waals surface area contributed by atoms with Gasteiger partial charge in [0.2, 0.25) is 0 Å². The van der Waals surface area contributed by atoms with Gasteiger partial charge in [-0.1, -0.05) is 123 Å². The summed E-state index contributed by atoms with van der Waals surface area (Å²) in [5.41, 5.74) is -0.898. The first kappa shape index (κ1) is 38.9. The normalized spacial score (nSPS) is 24.0. The number of ether oxygens (including phenoxy) is 4. The van der Waals surface area contributed by atoms with Crippen molar-refractivity contribution in [1.82, 2.24) is 0 Å². The maximum absolute atomic E-state index is 13.3. The number of benzene rings is 2. The van der Waals surface area contributed by atoms with Crippen molar-refractivity contribution in [3.8, 4) is 11.5 Å². The van der Waals surface area contributed by atoms with Crippen LogP contribution in [0.5, 0.6) is 11.5 Å². The predicted molar refractivity (Wildman–Crippen MR) is 186 cm³/mol. The first-order valence-corrected chi connectivity index (χ1v) is 18.0. The van der Waals surface area contributed by atoms with E-state index in [0.717, 1.165) is 50.7 Å². The monoisotopic (exact) mass is 782 g/mol. The Morgan fingerprint density at radius 3 is 1.29 bits per heavy atom. The van der Waals surface area contributed by atoms with E-state index in [9.17, 15) is 19.2 Å². The fourth-order valence-corrected chi connectivity index (χ4v) is 7.70. The summed E-state index contributed by atoms with van der Waals surface area (Å²) in [6, 6.07) is 2.28. The van der Waals surface area contributed by atoms with Gasteiger partial charge in [-0.2, -0.15) is 0 Å². The molecule has 2 aromatic rings. The van der Waals surface area contributed by atoms with Crippen LogP contribution in [-0.4, -0.2) is 37.1 Å². The molecule has 0 bridgehead atoms. The van der Waals surface area contributed by atoms with E-state index in [1.54, 1.807) is 0 Å². The van der Waals surface area contributed by atoms with E-state index in [1.165, 1.54) is 0 Å². The molecule has 8 nitrogen and oxygen atoms in total. The van der Waals surface area contributed by atoms with E-state index in [0.29, 0.717) is 23.7 Å². The van der Waals surface area contributed by atoms with Crippen LogP contribution in [-0.2, 0) is 19.1 Å². The third kappa shape index (κ3) is 9.23. The molecule has 0 amide bonds. The van der Waals surface area contributed by atoms with Crippen molar-refractivity contribution in [2.75, 3.05) is 13.2 Å². The standard InChI is InChI=1S/C34H36Cl6O8/c1-15-5-7-17(3)19(9-15)13-45-31(41)25-27(39)21(35)11-23(37)29(25)47-33(43)34(44)48-30-24(38)12-22(36)28(40)26(30)32(42)46-14-20-10-16(2)6-8-18(20)4/h11-12,15-20H,5-10,13-14H2,1-4H3. The lowest BCUT2D eigenvalue weighted by atomic mass is 9.76. The van der Waals surface area contributed by atoms with Gasteiger partial charge < -0.3 is 18.9 Å². The summed E-state index contributed by atoms with van der Waals surface area (Å²) >= 11 is 37.7. The molecule has 2 aliphatic carbocycles. The van der Waals surface area contributed by atoms with E-state index < -0.39 is 46.5 Å². The Labute approximate surface area is 309 Å². The van der Waals surface area contributed by atoms with Gasteiger partial charge in [0.1, 0.15) is 11.1 Å². The molecule has 48 heavy (non-hydrogen) atoms. The van der Waals surface area contributed by atoms with Gasteiger partial charge in [-0.05, 0) is 60.5 Å². The van der Waals surface area contributed by atoms with Gasteiger partial charge in [-0.3, -0.25) is 0 Å². The Hall–Kier alpha value is -1.94. The van der Waals surface area contributed by atoms with Gasteiger partial charge in [0.05, 0.1) is 43.3 Å². The molecule has 6 atom stereocenters. The minimum Gasteiger partial charge on any atom is -0.462 e. The molecule has 6 unspecified atom stereocenters. The second-order valence-corrected chi connectivity index (χ2v) is 15.4. The lowest BCUT2D eigenvalue weighted by molar-refractivity contribution is -0.156. The third-order valence-corrected chi connectivity index (χ3v) is 11.5. The van der Waals surface area contributed by atoms with Crippen molar-refractivity contribution < 1.29 is 38.1 Å². The fraction of sp³-hybridized carbons (Fsp3) is 0.529. The van der Waals surface area contributed by atoms with Crippen molar-refractivity contribution in [3.63, 3.8) is 0 Å². The number of carbonyl (C=O) groups excluding carboxylic acids is 4. The summed E-state index contributed by atoms with van der Waals surface area (Å²) < 4.78 is 21.6. The van der Waals surface area contributed by atoms with Crippen molar-refractivity contribution in [2.24, 2.45) is 35.5 Å². The lowest BCUT2D eigenvalue weighted by Gasteiger charge is -2.32. The molecule has 0 aliphatic heterocycles. The zero-order chi connectivity index (χ0) is 35.4. The number of esters is 4. The van der Waals surface area contributed by atoms with Crippen molar-refractivity contribution >= 4 is 93.5 Å². The van der Waals surface area contributed by atoms with Crippen LogP contribution in [0.15, 0.2) is 12.1 Å². The number of hydrogen-bond donors (Lipinski definition) is 0. The molecule has 0 aromatic heterocycles. The maximum atomic E-state index is 13.3. The summed E-state index contributed by atoms with van der Waals surface area (Å²) in [6.07, 6.45) is 5.92. The van der Waals surface area contributed by atoms with Gasteiger partial charge >= 0.3 is 23.9 Å². The Kier molecular flexibility index (Phi) is 13.6. The molecule has 14 heteroatoms. The zero-order valence-electron chi connectivity index (χ0n) is 26.8. The number of carbonyl (C=O) groups is 4. The van der Waals surface area contributed by atoms with Gasteiger partial charge in [0.15, 0.2) is 11.5 Å². The lowest BCUT2D eigenvalue weighted by Crippen LogP contribution is -2.29. The SMILES string of the molecule is CC1CCC(C)C(COC(=O)c2c(Cl)c(Cl)cc(Cl)c2OC(=O)C(=O)Oc2c(Cl)cc(Cl)c(Cl)c2C(=O)OCC2CC(C)CCC2C)C1. The van der Waals surface area contributed by atoms with E-state index in [-0.39, 0.29) is 55.2 Å². The molecule has 2 aliphatic rings. The number of hydrogen-bond acceptors (Lipinski definition) is 8. The molecule has 0 spiro atoms. The number of rotatable bonds is 8.